The van der Waals surface area contributed by atoms with Gasteiger partial charge in [-0.15, -0.1) is 0 Å². The summed E-state index contributed by atoms with van der Waals surface area (Å²) in [7, 11) is 0. The molecule has 0 saturated carbocycles. The first-order valence-electron chi connectivity index (χ1n) is 6.69. The summed E-state index contributed by atoms with van der Waals surface area (Å²) in [5.41, 5.74) is 1.78. The summed E-state index contributed by atoms with van der Waals surface area (Å²) in [6, 6.07) is 11.2. The first-order chi connectivity index (χ1) is 7.92. The summed E-state index contributed by atoms with van der Waals surface area (Å²) in [5, 5.41) is 3.65. The van der Waals surface area contributed by atoms with Crippen LogP contribution in [-0.2, 0) is 6.42 Å². The molecule has 0 spiro atoms. The van der Waals surface area contributed by atoms with Crippen molar-refractivity contribution in [3.63, 3.8) is 0 Å². The van der Waals surface area contributed by atoms with Crippen molar-refractivity contribution in [1.29, 1.82) is 0 Å². The van der Waals surface area contributed by atoms with Crippen LogP contribution < -0.4 is 5.32 Å². The van der Waals surface area contributed by atoms with Gasteiger partial charge in [-0.3, -0.25) is 0 Å². The second-order valence-corrected chi connectivity index (χ2v) is 6.11. The maximum Gasteiger partial charge on any atom is 0.00793 e. The second-order valence-electron chi connectivity index (χ2n) is 6.11. The van der Waals surface area contributed by atoms with Crippen LogP contribution in [0.5, 0.6) is 0 Å². The Morgan fingerprint density at radius 3 is 2.18 bits per heavy atom. The minimum absolute atomic E-state index is 0.366. The number of rotatable bonds is 6. The number of benzene rings is 1. The highest BCUT2D eigenvalue weighted by Crippen LogP contribution is 2.24. The third-order valence-electron chi connectivity index (χ3n) is 3.85. The van der Waals surface area contributed by atoms with Gasteiger partial charge < -0.3 is 5.32 Å². The number of hydrogen-bond donors (Lipinski definition) is 1. The fraction of sp³-hybridized carbons (Fsp3) is 0.625. The molecule has 1 N–H and O–H groups in total. The molecule has 0 fully saturated rings. The predicted octanol–water partition coefficient (Wildman–Crippen LogP) is 3.89. The highest BCUT2D eigenvalue weighted by Gasteiger charge is 2.22. The second kappa shape index (κ2) is 6.20. The van der Waals surface area contributed by atoms with Crippen molar-refractivity contribution >= 4 is 0 Å². The van der Waals surface area contributed by atoms with Gasteiger partial charge in [0.15, 0.2) is 0 Å². The van der Waals surface area contributed by atoms with Crippen LogP contribution in [-0.4, -0.2) is 12.6 Å². The summed E-state index contributed by atoms with van der Waals surface area (Å²) in [5.74, 6) is 0.707. The molecular formula is C16H27N. The molecule has 0 radical (unpaired) electrons. The molecule has 1 aromatic carbocycles. The molecular weight excluding hydrogens is 206 g/mol. The quantitative estimate of drug-likeness (QED) is 0.786. The topological polar surface area (TPSA) is 12.0 Å². The van der Waals surface area contributed by atoms with Crippen LogP contribution in [0, 0.1) is 11.3 Å². The van der Waals surface area contributed by atoms with Crippen molar-refractivity contribution in [2.45, 2.75) is 47.1 Å². The smallest absolute Gasteiger partial charge is 0.00793 e. The molecule has 1 aromatic rings. The van der Waals surface area contributed by atoms with Crippen molar-refractivity contribution < 1.29 is 0 Å². The summed E-state index contributed by atoms with van der Waals surface area (Å²) >= 11 is 0. The molecule has 1 nitrogen and oxygen atoms in total. The lowest BCUT2D eigenvalue weighted by atomic mass is 9.81. The van der Waals surface area contributed by atoms with Gasteiger partial charge in [0, 0.05) is 12.6 Å². The molecule has 0 aliphatic carbocycles. The first kappa shape index (κ1) is 14.2. The maximum atomic E-state index is 3.65. The van der Waals surface area contributed by atoms with E-state index in [2.05, 4.69) is 70.3 Å². The molecule has 1 unspecified atom stereocenters. The van der Waals surface area contributed by atoms with E-state index in [9.17, 15) is 0 Å². The fourth-order valence-electron chi connectivity index (χ4n) is 1.68. The van der Waals surface area contributed by atoms with Gasteiger partial charge in [-0.25, -0.2) is 0 Å². The van der Waals surface area contributed by atoms with Crippen LogP contribution in [0.25, 0.3) is 0 Å². The van der Waals surface area contributed by atoms with Crippen LogP contribution in [0.1, 0.15) is 40.2 Å². The van der Waals surface area contributed by atoms with Gasteiger partial charge in [-0.05, 0) is 30.2 Å². The van der Waals surface area contributed by atoms with Crippen LogP contribution in [0.3, 0.4) is 0 Å². The Balaban J connectivity index is 2.38. The van der Waals surface area contributed by atoms with E-state index in [-0.39, 0.29) is 0 Å². The van der Waals surface area contributed by atoms with Gasteiger partial charge in [-0.1, -0.05) is 58.0 Å². The summed E-state index contributed by atoms with van der Waals surface area (Å²) in [4.78, 5) is 0. The molecule has 1 atom stereocenters. The van der Waals surface area contributed by atoms with Crippen LogP contribution in [0.2, 0.25) is 0 Å². The van der Waals surface area contributed by atoms with Gasteiger partial charge in [0.05, 0.1) is 0 Å². The first-order valence-corrected chi connectivity index (χ1v) is 6.69. The summed E-state index contributed by atoms with van der Waals surface area (Å²) in [6.45, 7) is 12.6. The Labute approximate surface area is 107 Å². The van der Waals surface area contributed by atoms with Crippen molar-refractivity contribution in [3.8, 4) is 0 Å². The highest BCUT2D eigenvalue weighted by atomic mass is 14.9. The molecule has 0 bridgehead atoms. The lowest BCUT2D eigenvalue weighted by Gasteiger charge is -2.31. The minimum Gasteiger partial charge on any atom is -0.313 e. The molecule has 0 amide bonds. The molecule has 0 heterocycles. The molecule has 1 heteroatoms. The van der Waals surface area contributed by atoms with E-state index >= 15 is 0 Å². The Morgan fingerprint density at radius 2 is 1.65 bits per heavy atom. The van der Waals surface area contributed by atoms with E-state index in [4.69, 9.17) is 0 Å². The van der Waals surface area contributed by atoms with Gasteiger partial charge in [-0.2, -0.15) is 0 Å². The van der Waals surface area contributed by atoms with Crippen LogP contribution >= 0.6 is 0 Å². The SMILES string of the molecule is CC(Cc1ccccc1)NCC(C)(C)C(C)C. The van der Waals surface area contributed by atoms with E-state index in [1.807, 2.05) is 0 Å². The standard InChI is InChI=1S/C16H27N/c1-13(2)16(4,5)12-17-14(3)11-15-9-7-6-8-10-15/h6-10,13-14,17H,11-12H2,1-5H3. The monoisotopic (exact) mass is 233 g/mol. The Bertz CT molecular complexity index is 314. The van der Waals surface area contributed by atoms with Crippen LogP contribution in [0.4, 0.5) is 0 Å². The van der Waals surface area contributed by atoms with Gasteiger partial charge in [0.25, 0.3) is 0 Å². The maximum absolute atomic E-state index is 3.65. The zero-order valence-corrected chi connectivity index (χ0v) is 12.0. The van der Waals surface area contributed by atoms with Gasteiger partial charge >= 0.3 is 0 Å². The molecule has 0 saturated heterocycles. The van der Waals surface area contributed by atoms with Gasteiger partial charge in [0.2, 0.25) is 0 Å². The largest absolute Gasteiger partial charge is 0.313 e. The zero-order chi connectivity index (χ0) is 12.9. The fourth-order valence-corrected chi connectivity index (χ4v) is 1.68. The lowest BCUT2D eigenvalue weighted by Crippen LogP contribution is -2.39. The Kier molecular flexibility index (Phi) is 5.20. The molecule has 17 heavy (non-hydrogen) atoms. The molecule has 96 valence electrons. The third kappa shape index (κ3) is 4.91. The van der Waals surface area contributed by atoms with Gasteiger partial charge in [0.1, 0.15) is 0 Å². The highest BCUT2D eigenvalue weighted by molar-refractivity contribution is 5.15. The average molecular weight is 233 g/mol. The van der Waals surface area contributed by atoms with Crippen molar-refractivity contribution in [2.24, 2.45) is 11.3 Å². The van der Waals surface area contributed by atoms with Crippen molar-refractivity contribution in [2.75, 3.05) is 6.54 Å². The molecule has 1 rings (SSSR count). The zero-order valence-electron chi connectivity index (χ0n) is 12.0. The Morgan fingerprint density at radius 1 is 1.06 bits per heavy atom. The number of nitrogens with one attached hydrogen (secondary N) is 1. The third-order valence-corrected chi connectivity index (χ3v) is 3.85. The minimum atomic E-state index is 0.366. The van der Waals surface area contributed by atoms with E-state index in [0.29, 0.717) is 17.4 Å². The van der Waals surface area contributed by atoms with E-state index in [1.165, 1.54) is 5.56 Å². The average Bonchev–Trinajstić information content (AvgIpc) is 2.28. The summed E-state index contributed by atoms with van der Waals surface area (Å²) in [6.07, 6.45) is 1.11. The van der Waals surface area contributed by atoms with E-state index in [1.54, 1.807) is 0 Å². The number of hydrogen-bond acceptors (Lipinski definition) is 1. The van der Waals surface area contributed by atoms with Crippen molar-refractivity contribution in [3.05, 3.63) is 35.9 Å². The normalized spacial score (nSPS) is 14.0. The van der Waals surface area contributed by atoms with Crippen LogP contribution in [0.15, 0.2) is 30.3 Å². The molecule has 0 aliphatic rings. The van der Waals surface area contributed by atoms with E-state index < -0.39 is 0 Å². The predicted molar refractivity (Wildman–Crippen MR) is 76.2 cm³/mol. The molecule has 0 aliphatic heterocycles. The van der Waals surface area contributed by atoms with Crippen molar-refractivity contribution in [1.82, 2.24) is 5.32 Å². The Hall–Kier alpha value is -0.820. The molecule has 0 aromatic heterocycles. The summed E-state index contributed by atoms with van der Waals surface area (Å²) < 4.78 is 0. The van der Waals surface area contributed by atoms with E-state index in [0.717, 1.165) is 13.0 Å². The lowest BCUT2D eigenvalue weighted by molar-refractivity contribution is 0.230.